The van der Waals surface area contributed by atoms with Crippen LogP contribution in [0.15, 0.2) is 24.3 Å². The topological polar surface area (TPSA) is 44.5 Å². The Morgan fingerprint density at radius 3 is 2.58 bits per heavy atom. The third-order valence-electron chi connectivity index (χ3n) is 4.22. The molecule has 0 radical (unpaired) electrons. The Morgan fingerprint density at radius 1 is 1.26 bits per heavy atom. The molecule has 1 saturated carbocycles. The second-order valence-corrected chi connectivity index (χ2v) is 5.98. The largest absolute Gasteiger partial charge is 0.490 e. The van der Waals surface area contributed by atoms with E-state index >= 15 is 0 Å². The number of nitrogens with two attached hydrogens (primary N) is 1. The predicted molar refractivity (Wildman–Crippen MR) is 75.2 cm³/mol. The van der Waals surface area contributed by atoms with E-state index < -0.39 is 0 Å². The first-order chi connectivity index (χ1) is 9.17. The molecule has 2 fully saturated rings. The van der Waals surface area contributed by atoms with Gasteiger partial charge in [-0.2, -0.15) is 0 Å². The van der Waals surface area contributed by atoms with Crippen LogP contribution in [0.4, 0.5) is 0 Å². The maximum Gasteiger partial charge on any atom is 0.119 e. The zero-order valence-electron chi connectivity index (χ0n) is 11.6. The highest BCUT2D eigenvalue weighted by Gasteiger charge is 2.35. The van der Waals surface area contributed by atoms with Gasteiger partial charge in [-0.15, -0.1) is 0 Å². The lowest BCUT2D eigenvalue weighted by Gasteiger charge is -2.39. The van der Waals surface area contributed by atoms with Crippen molar-refractivity contribution in [1.29, 1.82) is 0 Å². The fourth-order valence-electron chi connectivity index (χ4n) is 2.69. The van der Waals surface area contributed by atoms with E-state index in [2.05, 4.69) is 19.1 Å². The molecule has 1 aromatic carbocycles. The molecule has 1 aliphatic carbocycles. The second kappa shape index (κ2) is 5.14. The first-order valence-electron chi connectivity index (χ1n) is 7.33. The monoisotopic (exact) mass is 261 g/mol. The van der Waals surface area contributed by atoms with E-state index in [9.17, 15) is 0 Å². The molecule has 2 atom stereocenters. The maximum absolute atomic E-state index is 6.40. The van der Waals surface area contributed by atoms with Crippen LogP contribution in [0.5, 0.6) is 5.75 Å². The minimum atomic E-state index is -0.225. The molecule has 19 heavy (non-hydrogen) atoms. The minimum absolute atomic E-state index is 0.0669. The van der Waals surface area contributed by atoms with Gasteiger partial charge in [0, 0.05) is 6.61 Å². The normalized spacial score (nSPS) is 28.9. The van der Waals surface area contributed by atoms with Crippen LogP contribution < -0.4 is 10.5 Å². The van der Waals surface area contributed by atoms with Gasteiger partial charge in [-0.3, -0.25) is 0 Å². The average Bonchev–Trinajstić information content (AvgIpc) is 3.24. The highest BCUT2D eigenvalue weighted by Crippen LogP contribution is 2.35. The van der Waals surface area contributed by atoms with E-state index in [0.717, 1.165) is 30.8 Å². The van der Waals surface area contributed by atoms with Crippen LogP contribution in [-0.2, 0) is 4.74 Å². The Labute approximate surface area is 115 Å². The molecule has 0 bridgehead atoms. The summed E-state index contributed by atoms with van der Waals surface area (Å²) in [6.07, 6.45) is 6.21. The third-order valence-corrected chi connectivity index (χ3v) is 4.22. The van der Waals surface area contributed by atoms with Crippen molar-refractivity contribution < 1.29 is 9.47 Å². The van der Waals surface area contributed by atoms with Crippen molar-refractivity contribution in [3.8, 4) is 5.75 Å². The van der Waals surface area contributed by atoms with Gasteiger partial charge < -0.3 is 15.2 Å². The zero-order valence-corrected chi connectivity index (χ0v) is 11.6. The molecule has 1 aromatic rings. The summed E-state index contributed by atoms with van der Waals surface area (Å²) in [4.78, 5) is 0. The summed E-state index contributed by atoms with van der Waals surface area (Å²) in [7, 11) is 0. The van der Waals surface area contributed by atoms with Crippen LogP contribution in [0.2, 0.25) is 0 Å². The molecule has 3 nitrogen and oxygen atoms in total. The summed E-state index contributed by atoms with van der Waals surface area (Å²) < 4.78 is 11.7. The van der Waals surface area contributed by atoms with Crippen molar-refractivity contribution in [3.63, 3.8) is 0 Å². The number of ether oxygens (including phenoxy) is 2. The fourth-order valence-corrected chi connectivity index (χ4v) is 2.69. The second-order valence-electron chi connectivity index (χ2n) is 5.98. The van der Waals surface area contributed by atoms with Crippen LogP contribution in [0.25, 0.3) is 0 Å². The van der Waals surface area contributed by atoms with Gasteiger partial charge in [0.1, 0.15) is 5.75 Å². The molecular weight excluding hydrogens is 238 g/mol. The SMILES string of the molecule is CC1(C(N)c2ccc(OC3CC3)cc2)CCCCO1. The van der Waals surface area contributed by atoms with Crippen LogP contribution in [0.1, 0.15) is 50.6 Å². The summed E-state index contributed by atoms with van der Waals surface area (Å²) in [5.74, 6) is 0.952. The quantitative estimate of drug-likeness (QED) is 0.905. The van der Waals surface area contributed by atoms with E-state index in [0.29, 0.717) is 6.10 Å². The summed E-state index contributed by atoms with van der Waals surface area (Å²) >= 11 is 0. The standard InChI is InChI=1S/C16H23NO2/c1-16(10-2-3-11-18-16)15(17)12-4-6-13(7-5-12)19-14-8-9-14/h4-7,14-15H,2-3,8-11,17H2,1H3. The molecule has 1 heterocycles. The van der Waals surface area contributed by atoms with Crippen LogP contribution in [0, 0.1) is 0 Å². The Morgan fingerprint density at radius 2 is 2.00 bits per heavy atom. The molecule has 0 aromatic heterocycles. The third kappa shape index (κ3) is 2.93. The predicted octanol–water partition coefficient (Wildman–Crippen LogP) is 3.19. The summed E-state index contributed by atoms with van der Waals surface area (Å²) in [6, 6.07) is 8.14. The van der Waals surface area contributed by atoms with Crippen molar-refractivity contribution in [3.05, 3.63) is 29.8 Å². The van der Waals surface area contributed by atoms with Crippen molar-refractivity contribution in [2.45, 2.75) is 56.8 Å². The molecule has 2 unspecified atom stereocenters. The number of rotatable bonds is 4. The van der Waals surface area contributed by atoms with Gasteiger partial charge in [0.15, 0.2) is 0 Å². The lowest BCUT2D eigenvalue weighted by molar-refractivity contribution is -0.0820. The van der Waals surface area contributed by atoms with Gasteiger partial charge in [0.25, 0.3) is 0 Å². The number of hydrogen-bond donors (Lipinski definition) is 1. The molecule has 3 heteroatoms. The van der Waals surface area contributed by atoms with Crippen LogP contribution in [0.3, 0.4) is 0 Å². The highest BCUT2D eigenvalue weighted by atomic mass is 16.5. The van der Waals surface area contributed by atoms with Gasteiger partial charge in [0.2, 0.25) is 0 Å². The fraction of sp³-hybridized carbons (Fsp3) is 0.625. The number of benzene rings is 1. The smallest absolute Gasteiger partial charge is 0.119 e. The average molecular weight is 261 g/mol. The zero-order chi connectivity index (χ0) is 13.3. The van der Waals surface area contributed by atoms with Crippen molar-refractivity contribution in [2.75, 3.05) is 6.61 Å². The van der Waals surface area contributed by atoms with Crippen molar-refractivity contribution in [1.82, 2.24) is 0 Å². The molecule has 104 valence electrons. The first kappa shape index (κ1) is 12.9. The Balaban J connectivity index is 1.69. The number of hydrogen-bond acceptors (Lipinski definition) is 3. The molecule has 0 amide bonds. The Kier molecular flexibility index (Phi) is 3.50. The molecule has 0 spiro atoms. The van der Waals surface area contributed by atoms with Gasteiger partial charge >= 0.3 is 0 Å². The van der Waals surface area contributed by atoms with E-state index in [1.165, 1.54) is 19.3 Å². The van der Waals surface area contributed by atoms with E-state index in [1.54, 1.807) is 0 Å². The van der Waals surface area contributed by atoms with Crippen molar-refractivity contribution in [2.24, 2.45) is 5.73 Å². The summed E-state index contributed by atoms with van der Waals surface area (Å²) in [6.45, 7) is 2.96. The van der Waals surface area contributed by atoms with Gasteiger partial charge in [0.05, 0.1) is 17.7 Å². The molecule has 3 rings (SSSR count). The van der Waals surface area contributed by atoms with Crippen LogP contribution >= 0.6 is 0 Å². The lowest BCUT2D eigenvalue weighted by atomic mass is 9.85. The molecular formula is C16H23NO2. The lowest BCUT2D eigenvalue weighted by Crippen LogP contribution is -2.43. The van der Waals surface area contributed by atoms with E-state index in [1.807, 2.05) is 12.1 Å². The van der Waals surface area contributed by atoms with E-state index in [-0.39, 0.29) is 11.6 Å². The molecule has 1 saturated heterocycles. The summed E-state index contributed by atoms with van der Waals surface area (Å²) in [5.41, 5.74) is 7.31. The molecule has 2 N–H and O–H groups in total. The highest BCUT2D eigenvalue weighted by molar-refractivity contribution is 5.31. The Bertz CT molecular complexity index is 419. The molecule has 1 aliphatic heterocycles. The van der Waals surface area contributed by atoms with Gasteiger partial charge in [-0.1, -0.05) is 12.1 Å². The van der Waals surface area contributed by atoms with Gasteiger partial charge in [-0.05, 0) is 56.7 Å². The van der Waals surface area contributed by atoms with Gasteiger partial charge in [-0.25, -0.2) is 0 Å². The van der Waals surface area contributed by atoms with Crippen molar-refractivity contribution >= 4 is 0 Å². The van der Waals surface area contributed by atoms with E-state index in [4.69, 9.17) is 15.2 Å². The molecule has 2 aliphatic rings. The minimum Gasteiger partial charge on any atom is -0.490 e. The van der Waals surface area contributed by atoms with Crippen LogP contribution in [-0.4, -0.2) is 18.3 Å². The first-order valence-corrected chi connectivity index (χ1v) is 7.33. The Hall–Kier alpha value is -1.06. The maximum atomic E-state index is 6.40. The summed E-state index contributed by atoms with van der Waals surface area (Å²) in [5, 5.41) is 0.